The number of rotatable bonds is 7. The van der Waals surface area contributed by atoms with Crippen molar-refractivity contribution in [3.8, 4) is 5.75 Å². The molecule has 0 atom stereocenters. The summed E-state index contributed by atoms with van der Waals surface area (Å²) < 4.78 is 11.4. The molecule has 1 amide bonds. The van der Waals surface area contributed by atoms with Crippen LogP contribution in [0.1, 0.15) is 33.9 Å². The molecular weight excluding hydrogens is 350 g/mol. The summed E-state index contributed by atoms with van der Waals surface area (Å²) in [6, 6.07) is 5.71. The fraction of sp³-hybridized carbons (Fsp3) is 0.474. The Morgan fingerprint density at radius 2 is 2.23 bits per heavy atom. The lowest BCUT2D eigenvalue weighted by Crippen LogP contribution is -2.21. The normalized spacial score (nSPS) is 15.0. The number of aryl methyl sites for hydroxylation is 1. The van der Waals surface area contributed by atoms with E-state index in [2.05, 4.69) is 10.3 Å². The molecule has 0 saturated carbocycles. The summed E-state index contributed by atoms with van der Waals surface area (Å²) in [6.07, 6.45) is 2.75. The molecule has 2 aromatic rings. The van der Waals surface area contributed by atoms with Gasteiger partial charge in [0.1, 0.15) is 11.4 Å². The zero-order valence-electron chi connectivity index (χ0n) is 15.0. The monoisotopic (exact) mass is 375 g/mol. The van der Waals surface area contributed by atoms with Gasteiger partial charge in [0.25, 0.3) is 5.91 Å². The smallest absolute Gasteiger partial charge is 0.275 e. The van der Waals surface area contributed by atoms with Crippen molar-refractivity contribution in [2.45, 2.75) is 26.2 Å². The predicted octanol–water partition coefficient (Wildman–Crippen LogP) is 3.01. The van der Waals surface area contributed by atoms with E-state index in [1.54, 1.807) is 5.38 Å². The Morgan fingerprint density at radius 1 is 1.42 bits per heavy atom. The summed E-state index contributed by atoms with van der Waals surface area (Å²) in [6.45, 7) is 4.83. The number of thiazole rings is 1. The lowest BCUT2D eigenvalue weighted by atomic mass is 10.0. The summed E-state index contributed by atoms with van der Waals surface area (Å²) >= 11 is 1.46. The number of benzene rings is 1. The predicted molar refractivity (Wildman–Crippen MR) is 103 cm³/mol. The van der Waals surface area contributed by atoms with Crippen LogP contribution < -0.4 is 15.8 Å². The topological polar surface area (TPSA) is 86.5 Å². The SMILES string of the molecule is Cc1ccc(NC(=O)c2csc(CCN)n2)cc1OCC1CCOCC1. The molecule has 2 heterocycles. The first kappa shape index (κ1) is 18.8. The van der Waals surface area contributed by atoms with Gasteiger partial charge in [-0.3, -0.25) is 4.79 Å². The molecule has 1 aromatic heterocycles. The number of hydrogen-bond acceptors (Lipinski definition) is 6. The van der Waals surface area contributed by atoms with E-state index in [0.717, 1.165) is 42.4 Å². The van der Waals surface area contributed by atoms with E-state index < -0.39 is 0 Å². The second-order valence-corrected chi connectivity index (χ2v) is 7.41. The third kappa shape index (κ3) is 5.03. The van der Waals surface area contributed by atoms with Gasteiger partial charge in [-0.2, -0.15) is 0 Å². The van der Waals surface area contributed by atoms with Gasteiger partial charge in [-0.25, -0.2) is 4.98 Å². The fourth-order valence-electron chi connectivity index (χ4n) is 2.80. The third-order valence-electron chi connectivity index (χ3n) is 4.40. The van der Waals surface area contributed by atoms with Crippen molar-refractivity contribution < 1.29 is 14.3 Å². The number of anilines is 1. The molecule has 0 radical (unpaired) electrons. The van der Waals surface area contributed by atoms with Crippen LogP contribution in [0.2, 0.25) is 0 Å². The van der Waals surface area contributed by atoms with Crippen molar-refractivity contribution >= 4 is 22.9 Å². The number of nitrogens with one attached hydrogen (secondary N) is 1. The molecule has 1 aliphatic heterocycles. The van der Waals surface area contributed by atoms with Crippen LogP contribution in [0, 0.1) is 12.8 Å². The lowest BCUT2D eigenvalue weighted by Gasteiger charge is -2.22. The molecule has 7 heteroatoms. The molecule has 0 spiro atoms. The number of carbonyl (C=O) groups excluding carboxylic acids is 1. The molecule has 140 valence electrons. The van der Waals surface area contributed by atoms with Crippen molar-refractivity contribution in [3.05, 3.63) is 39.8 Å². The van der Waals surface area contributed by atoms with Crippen molar-refractivity contribution in [1.29, 1.82) is 0 Å². The van der Waals surface area contributed by atoms with E-state index in [4.69, 9.17) is 15.2 Å². The van der Waals surface area contributed by atoms with Crippen LogP contribution in [0.4, 0.5) is 5.69 Å². The van der Waals surface area contributed by atoms with Crippen LogP contribution in [0.25, 0.3) is 0 Å². The molecule has 3 rings (SSSR count). The van der Waals surface area contributed by atoms with Crippen LogP contribution in [-0.4, -0.2) is 37.3 Å². The van der Waals surface area contributed by atoms with Crippen molar-refractivity contribution in [2.75, 3.05) is 31.7 Å². The van der Waals surface area contributed by atoms with Gasteiger partial charge in [0.05, 0.1) is 11.6 Å². The number of ether oxygens (including phenoxy) is 2. The number of hydrogen-bond donors (Lipinski definition) is 2. The van der Waals surface area contributed by atoms with Crippen LogP contribution in [-0.2, 0) is 11.2 Å². The lowest BCUT2D eigenvalue weighted by molar-refractivity contribution is 0.0496. The highest BCUT2D eigenvalue weighted by atomic mass is 32.1. The Bertz CT molecular complexity index is 741. The summed E-state index contributed by atoms with van der Waals surface area (Å²) in [5.41, 5.74) is 7.70. The molecule has 1 saturated heterocycles. The van der Waals surface area contributed by atoms with Crippen LogP contribution in [0.3, 0.4) is 0 Å². The summed E-state index contributed by atoms with van der Waals surface area (Å²) in [7, 11) is 0. The first-order valence-corrected chi connectivity index (χ1v) is 9.80. The van der Waals surface area contributed by atoms with Gasteiger partial charge >= 0.3 is 0 Å². The highest BCUT2D eigenvalue weighted by molar-refractivity contribution is 7.09. The Labute approximate surface area is 157 Å². The molecule has 26 heavy (non-hydrogen) atoms. The Balaban J connectivity index is 1.61. The molecule has 1 fully saturated rings. The van der Waals surface area contributed by atoms with E-state index >= 15 is 0 Å². The van der Waals surface area contributed by atoms with Crippen molar-refractivity contribution in [3.63, 3.8) is 0 Å². The zero-order valence-corrected chi connectivity index (χ0v) is 15.8. The average Bonchev–Trinajstić information content (AvgIpc) is 3.12. The quantitative estimate of drug-likeness (QED) is 0.777. The minimum absolute atomic E-state index is 0.219. The minimum atomic E-state index is -0.219. The largest absolute Gasteiger partial charge is 0.493 e. The molecule has 0 unspecified atom stereocenters. The van der Waals surface area contributed by atoms with Crippen LogP contribution in [0.5, 0.6) is 5.75 Å². The maximum atomic E-state index is 12.4. The van der Waals surface area contributed by atoms with E-state index in [0.29, 0.717) is 36.9 Å². The maximum absolute atomic E-state index is 12.4. The molecule has 1 aliphatic rings. The highest BCUT2D eigenvalue weighted by Gasteiger charge is 2.16. The summed E-state index contributed by atoms with van der Waals surface area (Å²) in [5, 5.41) is 5.53. The fourth-order valence-corrected chi connectivity index (χ4v) is 3.60. The van der Waals surface area contributed by atoms with Crippen molar-refractivity contribution in [1.82, 2.24) is 4.98 Å². The summed E-state index contributed by atoms with van der Waals surface area (Å²) in [5.74, 6) is 1.11. The Morgan fingerprint density at radius 3 is 3.00 bits per heavy atom. The maximum Gasteiger partial charge on any atom is 0.275 e. The number of nitrogens with two attached hydrogens (primary N) is 1. The van der Waals surface area contributed by atoms with Crippen LogP contribution in [0.15, 0.2) is 23.6 Å². The minimum Gasteiger partial charge on any atom is -0.493 e. The average molecular weight is 375 g/mol. The zero-order chi connectivity index (χ0) is 18.4. The van der Waals surface area contributed by atoms with Crippen molar-refractivity contribution in [2.24, 2.45) is 11.7 Å². The van der Waals surface area contributed by atoms with Gasteiger partial charge in [0.2, 0.25) is 0 Å². The first-order chi connectivity index (χ1) is 12.7. The van der Waals surface area contributed by atoms with Crippen LogP contribution >= 0.6 is 11.3 Å². The molecule has 0 aliphatic carbocycles. The third-order valence-corrected chi connectivity index (χ3v) is 5.31. The number of aromatic nitrogens is 1. The van der Waals surface area contributed by atoms with Gasteiger partial charge in [0.15, 0.2) is 0 Å². The number of carbonyl (C=O) groups is 1. The second-order valence-electron chi connectivity index (χ2n) is 6.47. The molecule has 0 bridgehead atoms. The summed E-state index contributed by atoms with van der Waals surface area (Å²) in [4.78, 5) is 16.7. The van der Waals surface area contributed by atoms with Gasteiger partial charge < -0.3 is 20.5 Å². The number of nitrogens with zero attached hydrogens (tertiary/aromatic N) is 1. The Hall–Kier alpha value is -1.96. The van der Waals surface area contributed by atoms with Gasteiger partial charge in [-0.15, -0.1) is 11.3 Å². The molecular formula is C19H25N3O3S. The first-order valence-electron chi connectivity index (χ1n) is 8.92. The van der Waals surface area contributed by atoms with E-state index in [9.17, 15) is 4.79 Å². The highest BCUT2D eigenvalue weighted by Crippen LogP contribution is 2.25. The van der Waals surface area contributed by atoms with Gasteiger partial charge in [0, 0.05) is 36.8 Å². The Kier molecular flexibility index (Phi) is 6.60. The van der Waals surface area contributed by atoms with Gasteiger partial charge in [-0.1, -0.05) is 6.07 Å². The molecule has 3 N–H and O–H groups in total. The second kappa shape index (κ2) is 9.12. The van der Waals surface area contributed by atoms with E-state index in [1.165, 1.54) is 11.3 Å². The number of amides is 1. The van der Waals surface area contributed by atoms with E-state index in [1.807, 2.05) is 25.1 Å². The molecule has 6 nitrogen and oxygen atoms in total. The standard InChI is InChI=1S/C19H25N3O3S/c1-13-2-3-15(10-17(13)25-11-14-5-8-24-9-6-14)21-19(23)16-12-26-18(22-16)4-7-20/h2-3,10,12,14H,4-9,11,20H2,1H3,(H,21,23). The molecule has 1 aromatic carbocycles. The van der Waals surface area contributed by atoms with Gasteiger partial charge in [-0.05, 0) is 43.9 Å². The van der Waals surface area contributed by atoms with E-state index in [-0.39, 0.29) is 5.91 Å².